The van der Waals surface area contributed by atoms with Crippen molar-refractivity contribution in [3.8, 4) is 0 Å². The molecule has 0 radical (unpaired) electrons. The average molecular weight is 511 g/mol. The van der Waals surface area contributed by atoms with Crippen LogP contribution < -0.4 is 15.5 Å². The first-order valence-corrected chi connectivity index (χ1v) is 12.2. The molecule has 2 aliphatic rings. The highest BCUT2D eigenvalue weighted by Gasteiger charge is 2.36. The SMILES string of the molecule is O=C(Nc1cnc2ccc(N3C[C@@H](F)C[C@@H]3c3cc(F)ccc3F)nn12)c1ccn(C2CCNCC2)n1. The van der Waals surface area contributed by atoms with E-state index in [1.165, 1.54) is 10.7 Å². The molecule has 2 atom stereocenters. The minimum atomic E-state index is -1.23. The van der Waals surface area contributed by atoms with Gasteiger partial charge in [-0.25, -0.2) is 18.2 Å². The van der Waals surface area contributed by atoms with Crippen molar-refractivity contribution in [2.45, 2.75) is 37.5 Å². The van der Waals surface area contributed by atoms with Crippen LogP contribution in [-0.4, -0.2) is 56.1 Å². The Hall–Kier alpha value is -3.93. The fourth-order valence-electron chi connectivity index (χ4n) is 5.12. The molecule has 0 spiro atoms. The molecule has 3 aromatic heterocycles. The Morgan fingerprint density at radius 1 is 1.08 bits per heavy atom. The van der Waals surface area contributed by atoms with E-state index in [2.05, 4.69) is 25.8 Å². The molecule has 1 aromatic carbocycles. The number of amides is 1. The minimum absolute atomic E-state index is 0.00727. The standard InChI is InChI=1S/C25H25F3N8O/c26-15-1-2-19(28)18(11-15)21-12-16(27)14-34(21)23-4-3-22-30-13-24(36(22)33-23)31-25(37)20-7-10-35(32-20)17-5-8-29-9-6-17/h1-4,7,10-11,13,16-17,21,29H,5-6,8-9,12,14H2,(H,31,37)/t16-,21+/m0/s1. The number of halogens is 3. The van der Waals surface area contributed by atoms with Gasteiger partial charge in [0, 0.05) is 18.2 Å². The number of anilines is 2. The van der Waals surface area contributed by atoms with Crippen LogP contribution in [0.25, 0.3) is 5.65 Å². The average Bonchev–Trinajstić information content (AvgIpc) is 3.65. The molecule has 0 bridgehead atoms. The predicted molar refractivity (Wildman–Crippen MR) is 130 cm³/mol. The Morgan fingerprint density at radius 2 is 1.92 bits per heavy atom. The summed E-state index contributed by atoms with van der Waals surface area (Å²) < 4.78 is 46.1. The molecule has 1 amide bonds. The first-order chi connectivity index (χ1) is 18.0. The lowest BCUT2D eigenvalue weighted by Crippen LogP contribution is -2.29. The number of imidazole rings is 1. The van der Waals surface area contributed by atoms with Crippen molar-refractivity contribution < 1.29 is 18.0 Å². The first kappa shape index (κ1) is 23.5. The number of nitrogens with one attached hydrogen (secondary N) is 2. The summed E-state index contributed by atoms with van der Waals surface area (Å²) in [6.07, 6.45) is 3.94. The van der Waals surface area contributed by atoms with Gasteiger partial charge in [0.2, 0.25) is 0 Å². The van der Waals surface area contributed by atoms with Gasteiger partial charge in [-0.1, -0.05) is 0 Å². The van der Waals surface area contributed by atoms with Gasteiger partial charge in [0.25, 0.3) is 5.91 Å². The topological polar surface area (TPSA) is 92.4 Å². The number of alkyl halides is 1. The van der Waals surface area contributed by atoms with Gasteiger partial charge in [0.15, 0.2) is 17.2 Å². The monoisotopic (exact) mass is 510 g/mol. The van der Waals surface area contributed by atoms with Crippen LogP contribution in [0.4, 0.5) is 24.8 Å². The zero-order valence-corrected chi connectivity index (χ0v) is 19.8. The van der Waals surface area contributed by atoms with Crippen molar-refractivity contribution >= 4 is 23.2 Å². The van der Waals surface area contributed by atoms with E-state index in [4.69, 9.17) is 0 Å². The number of fused-ring (bicyclic) bond motifs is 1. The Balaban J connectivity index is 1.26. The molecular weight excluding hydrogens is 485 g/mol. The maximum absolute atomic E-state index is 14.5. The van der Waals surface area contributed by atoms with Gasteiger partial charge in [-0.2, -0.15) is 9.61 Å². The van der Waals surface area contributed by atoms with Crippen LogP contribution in [0.15, 0.2) is 48.8 Å². The third kappa shape index (κ3) is 4.52. The molecular formula is C25H25F3N8O. The Kier molecular flexibility index (Phi) is 6.03. The van der Waals surface area contributed by atoms with E-state index in [0.29, 0.717) is 17.3 Å². The summed E-state index contributed by atoms with van der Waals surface area (Å²) in [5.41, 5.74) is 0.806. The maximum Gasteiger partial charge on any atom is 0.277 e. The summed E-state index contributed by atoms with van der Waals surface area (Å²) in [5.74, 6) is -0.950. The largest absolute Gasteiger partial charge is 0.345 e. The molecule has 192 valence electrons. The van der Waals surface area contributed by atoms with Crippen molar-refractivity contribution in [3.63, 3.8) is 0 Å². The second-order valence-corrected chi connectivity index (χ2v) is 9.39. The zero-order chi connectivity index (χ0) is 25.5. The predicted octanol–water partition coefficient (Wildman–Crippen LogP) is 3.67. The molecule has 2 fully saturated rings. The van der Waals surface area contributed by atoms with Gasteiger partial charge in [-0.05, 0) is 62.3 Å². The lowest BCUT2D eigenvalue weighted by Gasteiger charge is -2.26. The Bertz CT molecular complexity index is 1450. The second-order valence-electron chi connectivity index (χ2n) is 9.39. The van der Waals surface area contributed by atoms with E-state index in [9.17, 15) is 18.0 Å². The minimum Gasteiger partial charge on any atom is -0.345 e. The van der Waals surface area contributed by atoms with E-state index in [1.807, 2.05) is 10.9 Å². The lowest BCUT2D eigenvalue weighted by atomic mass is 10.0. The molecule has 12 heteroatoms. The number of rotatable bonds is 5. The van der Waals surface area contributed by atoms with Gasteiger partial charge in [0.05, 0.1) is 24.8 Å². The molecule has 6 rings (SSSR count). The summed E-state index contributed by atoms with van der Waals surface area (Å²) in [6, 6.07) is 7.69. The third-order valence-electron chi connectivity index (χ3n) is 6.97. The summed E-state index contributed by atoms with van der Waals surface area (Å²) in [7, 11) is 0. The Morgan fingerprint density at radius 3 is 2.76 bits per heavy atom. The number of hydrogen-bond donors (Lipinski definition) is 2. The fourth-order valence-corrected chi connectivity index (χ4v) is 5.12. The van der Waals surface area contributed by atoms with Crippen molar-refractivity contribution in [1.29, 1.82) is 0 Å². The highest BCUT2D eigenvalue weighted by Crippen LogP contribution is 2.38. The molecule has 37 heavy (non-hydrogen) atoms. The summed E-state index contributed by atoms with van der Waals surface area (Å²) >= 11 is 0. The zero-order valence-electron chi connectivity index (χ0n) is 19.8. The number of nitrogens with zero attached hydrogens (tertiary/aromatic N) is 6. The third-order valence-corrected chi connectivity index (χ3v) is 6.97. The molecule has 4 aromatic rings. The van der Waals surface area contributed by atoms with Crippen LogP contribution in [0.3, 0.4) is 0 Å². The molecule has 0 saturated carbocycles. The van der Waals surface area contributed by atoms with E-state index >= 15 is 0 Å². The summed E-state index contributed by atoms with van der Waals surface area (Å²) in [5, 5.41) is 15.1. The van der Waals surface area contributed by atoms with Crippen LogP contribution >= 0.6 is 0 Å². The van der Waals surface area contributed by atoms with Gasteiger partial charge in [-0.3, -0.25) is 9.48 Å². The number of hydrogen-bond acceptors (Lipinski definition) is 6. The number of piperidine rings is 1. The van der Waals surface area contributed by atoms with Crippen LogP contribution in [0.1, 0.15) is 47.4 Å². The number of carbonyl (C=O) groups is 1. The van der Waals surface area contributed by atoms with Gasteiger partial charge in [0.1, 0.15) is 23.6 Å². The number of aromatic nitrogens is 5. The Labute approximate surface area is 210 Å². The fraction of sp³-hybridized carbons (Fsp3) is 0.360. The van der Waals surface area contributed by atoms with Crippen LogP contribution in [0.2, 0.25) is 0 Å². The molecule has 9 nitrogen and oxygen atoms in total. The molecule has 0 aliphatic carbocycles. The van der Waals surface area contributed by atoms with Crippen molar-refractivity contribution in [3.05, 3.63) is 71.7 Å². The van der Waals surface area contributed by atoms with E-state index in [-0.39, 0.29) is 30.3 Å². The van der Waals surface area contributed by atoms with Crippen LogP contribution in [0, 0.1) is 11.6 Å². The smallest absolute Gasteiger partial charge is 0.277 e. The molecule has 0 unspecified atom stereocenters. The second kappa shape index (κ2) is 9.51. The quantitative estimate of drug-likeness (QED) is 0.426. The van der Waals surface area contributed by atoms with Crippen molar-refractivity contribution in [1.82, 2.24) is 29.7 Å². The summed E-state index contributed by atoms with van der Waals surface area (Å²) in [6.45, 7) is 1.80. The van der Waals surface area contributed by atoms with Crippen molar-refractivity contribution in [2.24, 2.45) is 0 Å². The van der Waals surface area contributed by atoms with E-state index in [1.54, 1.807) is 23.1 Å². The highest BCUT2D eigenvalue weighted by atomic mass is 19.1. The number of benzene rings is 1. The van der Waals surface area contributed by atoms with E-state index in [0.717, 1.165) is 44.1 Å². The van der Waals surface area contributed by atoms with E-state index < -0.39 is 29.8 Å². The number of carbonyl (C=O) groups excluding carboxylic acids is 1. The van der Waals surface area contributed by atoms with Gasteiger partial charge in [-0.15, -0.1) is 5.10 Å². The normalized spacial score (nSPS) is 20.6. The molecule has 5 heterocycles. The van der Waals surface area contributed by atoms with Crippen LogP contribution in [-0.2, 0) is 0 Å². The maximum atomic E-state index is 14.5. The first-order valence-electron chi connectivity index (χ1n) is 12.2. The summed E-state index contributed by atoms with van der Waals surface area (Å²) in [4.78, 5) is 18.8. The molecule has 2 saturated heterocycles. The molecule has 2 N–H and O–H groups in total. The molecule has 2 aliphatic heterocycles. The lowest BCUT2D eigenvalue weighted by molar-refractivity contribution is 0.102. The highest BCUT2D eigenvalue weighted by molar-refractivity contribution is 6.02. The van der Waals surface area contributed by atoms with Gasteiger partial charge < -0.3 is 15.5 Å². The van der Waals surface area contributed by atoms with Gasteiger partial charge >= 0.3 is 0 Å². The van der Waals surface area contributed by atoms with Crippen LogP contribution in [0.5, 0.6) is 0 Å². The van der Waals surface area contributed by atoms with Crippen molar-refractivity contribution in [2.75, 3.05) is 29.9 Å².